The van der Waals surface area contributed by atoms with Crippen molar-refractivity contribution in [3.63, 3.8) is 0 Å². The maximum atomic E-state index is 11.9. The summed E-state index contributed by atoms with van der Waals surface area (Å²) < 4.78 is 0. The number of halogens is 2. The summed E-state index contributed by atoms with van der Waals surface area (Å²) in [6.45, 7) is 2.86. The van der Waals surface area contributed by atoms with Crippen LogP contribution in [0.2, 0.25) is 5.02 Å². The van der Waals surface area contributed by atoms with Gasteiger partial charge in [0, 0.05) is 10.7 Å². The summed E-state index contributed by atoms with van der Waals surface area (Å²) in [6, 6.07) is 5.51. The van der Waals surface area contributed by atoms with E-state index in [1.54, 1.807) is 6.07 Å². The lowest BCUT2D eigenvalue weighted by Crippen LogP contribution is -2.43. The van der Waals surface area contributed by atoms with Crippen LogP contribution in [0.4, 0.5) is 5.69 Å². The molecule has 2 N–H and O–H groups in total. The van der Waals surface area contributed by atoms with E-state index in [-0.39, 0.29) is 24.4 Å². The van der Waals surface area contributed by atoms with Gasteiger partial charge in [0.15, 0.2) is 0 Å². The van der Waals surface area contributed by atoms with Gasteiger partial charge in [0.05, 0.1) is 6.04 Å². The number of piperidine rings is 1. The Hall–Kier alpha value is -0.770. The largest absolute Gasteiger partial charge is 0.325 e. The van der Waals surface area contributed by atoms with Crippen LogP contribution in [-0.2, 0) is 4.79 Å². The third kappa shape index (κ3) is 3.87. The second-order valence-electron chi connectivity index (χ2n) is 4.46. The molecular formula is C13H18Cl2N2O. The molecule has 1 aliphatic heterocycles. The van der Waals surface area contributed by atoms with Crippen LogP contribution in [0.3, 0.4) is 0 Å². The summed E-state index contributed by atoms with van der Waals surface area (Å²) in [5.41, 5.74) is 1.78. The Balaban J connectivity index is 0.00000162. The van der Waals surface area contributed by atoms with E-state index in [0.717, 1.165) is 37.1 Å². The summed E-state index contributed by atoms with van der Waals surface area (Å²) in [6.07, 6.45) is 3.17. The number of anilines is 1. The molecule has 0 bridgehead atoms. The maximum Gasteiger partial charge on any atom is 0.241 e. The van der Waals surface area contributed by atoms with Crippen molar-refractivity contribution in [1.82, 2.24) is 5.32 Å². The van der Waals surface area contributed by atoms with Gasteiger partial charge >= 0.3 is 0 Å². The minimum Gasteiger partial charge on any atom is -0.325 e. The van der Waals surface area contributed by atoms with Crippen LogP contribution in [0.25, 0.3) is 0 Å². The van der Waals surface area contributed by atoms with Gasteiger partial charge in [0.2, 0.25) is 5.91 Å². The molecule has 1 unspecified atom stereocenters. The van der Waals surface area contributed by atoms with Crippen molar-refractivity contribution in [2.75, 3.05) is 11.9 Å². The van der Waals surface area contributed by atoms with Crippen LogP contribution in [0.15, 0.2) is 18.2 Å². The number of carbonyl (C=O) groups is 1. The minimum absolute atomic E-state index is 0. The Bertz CT molecular complexity index is 417. The zero-order valence-corrected chi connectivity index (χ0v) is 11.9. The number of benzene rings is 1. The van der Waals surface area contributed by atoms with Gasteiger partial charge < -0.3 is 10.6 Å². The molecule has 0 aliphatic carbocycles. The minimum atomic E-state index is -0.0659. The number of carbonyl (C=O) groups excluding carboxylic acids is 1. The number of nitrogens with one attached hydrogen (secondary N) is 2. The highest BCUT2D eigenvalue weighted by Crippen LogP contribution is 2.20. The van der Waals surface area contributed by atoms with Gasteiger partial charge in [0.1, 0.15) is 0 Å². The predicted molar refractivity (Wildman–Crippen MR) is 77.7 cm³/mol. The van der Waals surface area contributed by atoms with Crippen molar-refractivity contribution < 1.29 is 4.79 Å². The highest BCUT2D eigenvalue weighted by molar-refractivity contribution is 6.31. The van der Waals surface area contributed by atoms with E-state index in [4.69, 9.17) is 11.6 Å². The molecule has 2 rings (SSSR count). The van der Waals surface area contributed by atoms with Gasteiger partial charge in [-0.05, 0) is 44.0 Å². The topological polar surface area (TPSA) is 41.1 Å². The Labute approximate surface area is 119 Å². The lowest BCUT2D eigenvalue weighted by atomic mass is 10.0. The number of hydrogen-bond donors (Lipinski definition) is 2. The molecule has 0 aromatic heterocycles. The molecule has 1 saturated heterocycles. The van der Waals surface area contributed by atoms with Crippen LogP contribution < -0.4 is 10.6 Å². The first kappa shape index (κ1) is 15.3. The molecule has 1 atom stereocenters. The summed E-state index contributed by atoms with van der Waals surface area (Å²) in [5.74, 6) is 0.0321. The smallest absolute Gasteiger partial charge is 0.241 e. The number of hydrogen-bond acceptors (Lipinski definition) is 2. The van der Waals surface area contributed by atoms with Crippen molar-refractivity contribution in [2.24, 2.45) is 0 Å². The first-order chi connectivity index (χ1) is 8.16. The van der Waals surface area contributed by atoms with Crippen molar-refractivity contribution >= 4 is 35.6 Å². The Morgan fingerprint density at radius 2 is 2.22 bits per heavy atom. The highest BCUT2D eigenvalue weighted by atomic mass is 35.5. The number of rotatable bonds is 2. The van der Waals surface area contributed by atoms with Crippen LogP contribution >= 0.6 is 24.0 Å². The summed E-state index contributed by atoms with van der Waals surface area (Å²) >= 11 is 6.02. The molecule has 1 heterocycles. The van der Waals surface area contributed by atoms with E-state index in [9.17, 15) is 4.79 Å². The Kier molecular flexibility index (Phi) is 5.93. The maximum absolute atomic E-state index is 11.9. The molecule has 3 nitrogen and oxygen atoms in total. The fraction of sp³-hybridized carbons (Fsp3) is 0.462. The van der Waals surface area contributed by atoms with E-state index in [1.807, 2.05) is 19.1 Å². The molecule has 1 aliphatic rings. The SMILES string of the molecule is Cc1ccc(NC(=O)C2CCCCN2)cc1Cl.Cl. The average molecular weight is 289 g/mol. The van der Waals surface area contributed by atoms with Crippen molar-refractivity contribution in [2.45, 2.75) is 32.2 Å². The van der Waals surface area contributed by atoms with Gasteiger partial charge in [0.25, 0.3) is 0 Å². The number of aryl methyl sites for hydroxylation is 1. The molecule has 1 aromatic rings. The second kappa shape index (κ2) is 6.98. The van der Waals surface area contributed by atoms with Crippen LogP contribution in [0.5, 0.6) is 0 Å². The first-order valence-electron chi connectivity index (χ1n) is 5.97. The van der Waals surface area contributed by atoms with Gasteiger partial charge in [-0.1, -0.05) is 24.1 Å². The first-order valence-corrected chi connectivity index (χ1v) is 6.35. The molecule has 1 amide bonds. The molecule has 18 heavy (non-hydrogen) atoms. The fourth-order valence-electron chi connectivity index (χ4n) is 1.98. The summed E-state index contributed by atoms with van der Waals surface area (Å²) in [4.78, 5) is 11.9. The van der Waals surface area contributed by atoms with Crippen molar-refractivity contribution in [3.05, 3.63) is 28.8 Å². The van der Waals surface area contributed by atoms with Crippen molar-refractivity contribution in [1.29, 1.82) is 0 Å². The third-order valence-electron chi connectivity index (χ3n) is 3.07. The molecule has 0 radical (unpaired) electrons. The fourth-order valence-corrected chi connectivity index (χ4v) is 2.16. The predicted octanol–water partition coefficient (Wildman–Crippen LogP) is 3.15. The molecule has 100 valence electrons. The lowest BCUT2D eigenvalue weighted by molar-refractivity contribution is -0.118. The summed E-state index contributed by atoms with van der Waals surface area (Å²) in [5, 5.41) is 6.79. The molecular weight excluding hydrogens is 271 g/mol. The quantitative estimate of drug-likeness (QED) is 0.878. The van der Waals surface area contributed by atoms with E-state index in [0.29, 0.717) is 5.02 Å². The molecule has 5 heteroatoms. The van der Waals surface area contributed by atoms with Crippen LogP contribution in [0, 0.1) is 6.92 Å². The van der Waals surface area contributed by atoms with Gasteiger partial charge in [-0.15, -0.1) is 12.4 Å². The molecule has 1 fully saturated rings. The van der Waals surface area contributed by atoms with Crippen molar-refractivity contribution in [3.8, 4) is 0 Å². The van der Waals surface area contributed by atoms with E-state index in [2.05, 4.69) is 10.6 Å². The Morgan fingerprint density at radius 3 is 2.83 bits per heavy atom. The van der Waals surface area contributed by atoms with Gasteiger partial charge in [-0.25, -0.2) is 0 Å². The van der Waals surface area contributed by atoms with Gasteiger partial charge in [-0.2, -0.15) is 0 Å². The highest BCUT2D eigenvalue weighted by Gasteiger charge is 2.20. The average Bonchev–Trinajstić information content (AvgIpc) is 2.35. The normalized spacial score (nSPS) is 18.9. The number of amides is 1. The van der Waals surface area contributed by atoms with E-state index < -0.39 is 0 Å². The second-order valence-corrected chi connectivity index (χ2v) is 4.86. The Morgan fingerprint density at radius 1 is 1.44 bits per heavy atom. The zero-order valence-electron chi connectivity index (χ0n) is 10.3. The standard InChI is InChI=1S/C13H17ClN2O.ClH/c1-9-5-6-10(8-11(9)14)16-13(17)12-4-2-3-7-15-12;/h5-6,8,12,15H,2-4,7H2,1H3,(H,16,17);1H. The lowest BCUT2D eigenvalue weighted by Gasteiger charge is -2.22. The van der Waals surface area contributed by atoms with E-state index >= 15 is 0 Å². The monoisotopic (exact) mass is 288 g/mol. The molecule has 0 spiro atoms. The summed E-state index contributed by atoms with van der Waals surface area (Å²) in [7, 11) is 0. The van der Waals surface area contributed by atoms with Crippen LogP contribution in [-0.4, -0.2) is 18.5 Å². The zero-order chi connectivity index (χ0) is 12.3. The molecule has 0 saturated carbocycles. The van der Waals surface area contributed by atoms with E-state index in [1.165, 1.54) is 0 Å². The van der Waals surface area contributed by atoms with Crippen LogP contribution in [0.1, 0.15) is 24.8 Å². The van der Waals surface area contributed by atoms with Gasteiger partial charge in [-0.3, -0.25) is 4.79 Å². The third-order valence-corrected chi connectivity index (χ3v) is 3.47. The molecule has 1 aromatic carbocycles.